The summed E-state index contributed by atoms with van der Waals surface area (Å²) >= 11 is 0. The zero-order valence-electron chi connectivity index (χ0n) is 20.0. The van der Waals surface area contributed by atoms with E-state index in [1.807, 2.05) is 13.8 Å². The van der Waals surface area contributed by atoms with E-state index in [1.165, 1.54) is 77.0 Å². The third-order valence-electron chi connectivity index (χ3n) is 5.73. The maximum Gasteiger partial charge on any atom is 0.472 e. The number of hydrogen-bond acceptors (Lipinski definition) is 3. The van der Waals surface area contributed by atoms with Crippen molar-refractivity contribution >= 4 is 7.82 Å². The molecule has 0 aromatic heterocycles. The maximum atomic E-state index is 12.5. The summed E-state index contributed by atoms with van der Waals surface area (Å²) in [6, 6.07) is 0. The molecule has 0 fully saturated rings. The lowest BCUT2D eigenvalue weighted by Gasteiger charge is -2.23. The molecule has 0 radical (unpaired) electrons. The van der Waals surface area contributed by atoms with Crippen LogP contribution in [0.3, 0.4) is 0 Å². The van der Waals surface area contributed by atoms with Gasteiger partial charge in [0.1, 0.15) is 0 Å². The molecule has 2 atom stereocenters. The Morgan fingerprint density at radius 3 is 1.21 bits per heavy atom. The molecule has 29 heavy (non-hydrogen) atoms. The molecule has 0 saturated carbocycles. The minimum absolute atomic E-state index is 0.183. The van der Waals surface area contributed by atoms with Gasteiger partial charge in [-0.3, -0.25) is 9.05 Å². The highest BCUT2D eigenvalue weighted by atomic mass is 31.2. The number of phosphoric acid groups is 1. The number of hydrogen-bond donors (Lipinski definition) is 1. The van der Waals surface area contributed by atoms with Crippen molar-refractivity contribution in [3.63, 3.8) is 0 Å². The third-order valence-corrected chi connectivity index (χ3v) is 6.86. The van der Waals surface area contributed by atoms with Crippen molar-refractivity contribution in [3.05, 3.63) is 0 Å². The molecule has 0 aliphatic carbocycles. The van der Waals surface area contributed by atoms with Gasteiger partial charge in [-0.15, -0.1) is 0 Å². The standard InChI is InChI=1S/C24H51O4P/c1-5-9-11-13-15-17-19-21-23(7-3)27-29(25,26)28-24(8-4)22-20-18-16-14-12-10-6-2/h23-24H,5-22H2,1-4H3,(H,25,26). The van der Waals surface area contributed by atoms with E-state index >= 15 is 0 Å². The van der Waals surface area contributed by atoms with Crippen molar-refractivity contribution in [2.75, 3.05) is 0 Å². The predicted octanol–water partition coefficient (Wildman–Crippen LogP) is 8.96. The normalized spacial score (nSPS) is 15.9. The molecule has 0 aliphatic rings. The zero-order chi connectivity index (χ0) is 21.8. The average Bonchev–Trinajstić information content (AvgIpc) is 2.70. The molecular formula is C24H51O4P. The average molecular weight is 435 g/mol. The van der Waals surface area contributed by atoms with E-state index in [-0.39, 0.29) is 12.2 Å². The van der Waals surface area contributed by atoms with Gasteiger partial charge in [0, 0.05) is 0 Å². The Morgan fingerprint density at radius 2 is 0.897 bits per heavy atom. The second-order valence-corrected chi connectivity index (χ2v) is 9.92. The second kappa shape index (κ2) is 20.0. The van der Waals surface area contributed by atoms with Crippen molar-refractivity contribution in [1.82, 2.24) is 0 Å². The SMILES string of the molecule is CCCCCCCCCC(CC)OP(=O)(O)OC(CC)CCCCCCCCC. The van der Waals surface area contributed by atoms with E-state index in [2.05, 4.69) is 13.8 Å². The van der Waals surface area contributed by atoms with Crippen LogP contribution in [-0.4, -0.2) is 17.1 Å². The van der Waals surface area contributed by atoms with E-state index in [4.69, 9.17) is 9.05 Å². The summed E-state index contributed by atoms with van der Waals surface area (Å²) in [6.07, 6.45) is 20.2. The van der Waals surface area contributed by atoms with Crippen LogP contribution >= 0.6 is 7.82 Å². The quantitative estimate of drug-likeness (QED) is 0.136. The van der Waals surface area contributed by atoms with Crippen molar-refractivity contribution in [2.45, 2.75) is 155 Å². The van der Waals surface area contributed by atoms with Gasteiger partial charge in [0.25, 0.3) is 0 Å². The van der Waals surface area contributed by atoms with E-state index in [1.54, 1.807) is 0 Å². The van der Waals surface area contributed by atoms with E-state index in [0.29, 0.717) is 0 Å². The van der Waals surface area contributed by atoms with Crippen molar-refractivity contribution < 1.29 is 18.5 Å². The molecule has 0 amide bonds. The molecule has 0 saturated heterocycles. The summed E-state index contributed by atoms with van der Waals surface area (Å²) in [7, 11) is -3.98. The van der Waals surface area contributed by atoms with Gasteiger partial charge < -0.3 is 4.89 Å². The fraction of sp³-hybridized carbons (Fsp3) is 1.00. The van der Waals surface area contributed by atoms with Crippen LogP contribution in [0.25, 0.3) is 0 Å². The molecule has 0 aromatic carbocycles. The van der Waals surface area contributed by atoms with Gasteiger partial charge in [-0.1, -0.05) is 118 Å². The Labute approximate surface area is 182 Å². The van der Waals surface area contributed by atoms with Crippen molar-refractivity contribution in [1.29, 1.82) is 0 Å². The van der Waals surface area contributed by atoms with Crippen LogP contribution in [-0.2, 0) is 13.6 Å². The Bertz CT molecular complexity index is 357. The lowest BCUT2D eigenvalue weighted by Crippen LogP contribution is -2.16. The topological polar surface area (TPSA) is 55.8 Å². The summed E-state index contributed by atoms with van der Waals surface area (Å²) in [5.74, 6) is 0. The summed E-state index contributed by atoms with van der Waals surface area (Å²) in [5, 5.41) is 0. The summed E-state index contributed by atoms with van der Waals surface area (Å²) in [5.41, 5.74) is 0. The number of phosphoric ester groups is 1. The van der Waals surface area contributed by atoms with Gasteiger partial charge in [0.2, 0.25) is 0 Å². The van der Waals surface area contributed by atoms with Crippen molar-refractivity contribution in [3.8, 4) is 0 Å². The highest BCUT2D eigenvalue weighted by Crippen LogP contribution is 2.48. The number of unbranched alkanes of at least 4 members (excludes halogenated alkanes) is 12. The number of rotatable bonds is 22. The Balaban J connectivity index is 4.04. The van der Waals surface area contributed by atoms with Crippen LogP contribution in [0.4, 0.5) is 0 Å². The van der Waals surface area contributed by atoms with Crippen LogP contribution in [0.5, 0.6) is 0 Å². The smallest absolute Gasteiger partial charge is 0.302 e. The van der Waals surface area contributed by atoms with Gasteiger partial charge in [0.15, 0.2) is 0 Å². The molecule has 0 rings (SSSR count). The molecule has 0 spiro atoms. The Kier molecular flexibility index (Phi) is 20.1. The van der Waals surface area contributed by atoms with Crippen LogP contribution in [0.15, 0.2) is 0 Å². The lowest BCUT2D eigenvalue weighted by atomic mass is 10.1. The van der Waals surface area contributed by atoms with Crippen LogP contribution in [0.2, 0.25) is 0 Å². The van der Waals surface area contributed by atoms with E-state index in [0.717, 1.165) is 38.5 Å². The molecule has 2 unspecified atom stereocenters. The Hall–Kier alpha value is 0.110. The maximum absolute atomic E-state index is 12.5. The van der Waals surface area contributed by atoms with E-state index in [9.17, 15) is 9.46 Å². The van der Waals surface area contributed by atoms with Gasteiger partial charge >= 0.3 is 7.82 Å². The summed E-state index contributed by atoms with van der Waals surface area (Å²) in [4.78, 5) is 10.2. The minimum Gasteiger partial charge on any atom is -0.302 e. The van der Waals surface area contributed by atoms with Gasteiger partial charge in [-0.2, -0.15) is 0 Å². The first-order chi connectivity index (χ1) is 14.0. The first-order valence-electron chi connectivity index (χ1n) is 12.7. The first-order valence-corrected chi connectivity index (χ1v) is 14.2. The third kappa shape index (κ3) is 18.6. The molecule has 4 nitrogen and oxygen atoms in total. The highest BCUT2D eigenvalue weighted by Gasteiger charge is 2.29. The van der Waals surface area contributed by atoms with Gasteiger partial charge in [-0.05, 0) is 25.7 Å². The fourth-order valence-electron chi connectivity index (χ4n) is 3.72. The molecule has 0 heterocycles. The molecule has 1 N–H and O–H groups in total. The molecule has 0 aliphatic heterocycles. The van der Waals surface area contributed by atoms with Crippen LogP contribution in [0.1, 0.15) is 143 Å². The van der Waals surface area contributed by atoms with Crippen LogP contribution in [0, 0.1) is 0 Å². The second-order valence-electron chi connectivity index (χ2n) is 8.56. The lowest BCUT2D eigenvalue weighted by molar-refractivity contribution is 0.0627. The molecule has 0 aromatic rings. The molecule has 5 heteroatoms. The minimum atomic E-state index is -3.98. The summed E-state index contributed by atoms with van der Waals surface area (Å²) < 4.78 is 23.5. The highest BCUT2D eigenvalue weighted by molar-refractivity contribution is 7.47. The Morgan fingerprint density at radius 1 is 0.586 bits per heavy atom. The summed E-state index contributed by atoms with van der Waals surface area (Å²) in [6.45, 7) is 8.50. The predicted molar refractivity (Wildman–Crippen MR) is 125 cm³/mol. The van der Waals surface area contributed by atoms with Gasteiger partial charge in [-0.25, -0.2) is 4.57 Å². The molecule has 176 valence electrons. The molecule has 0 bridgehead atoms. The first kappa shape index (κ1) is 29.1. The fourth-order valence-corrected chi connectivity index (χ4v) is 5.03. The van der Waals surface area contributed by atoms with Crippen molar-refractivity contribution in [2.24, 2.45) is 0 Å². The zero-order valence-corrected chi connectivity index (χ0v) is 20.9. The van der Waals surface area contributed by atoms with E-state index < -0.39 is 7.82 Å². The van der Waals surface area contributed by atoms with Crippen LogP contribution < -0.4 is 0 Å². The monoisotopic (exact) mass is 434 g/mol. The molecular weight excluding hydrogens is 383 g/mol. The largest absolute Gasteiger partial charge is 0.472 e. The van der Waals surface area contributed by atoms with Gasteiger partial charge in [0.05, 0.1) is 12.2 Å².